The number of imidazole rings is 1. The molecule has 18 heavy (non-hydrogen) atoms. The molecule has 0 radical (unpaired) electrons. The first kappa shape index (κ1) is 11.6. The number of H-pyrrole nitrogens is 1. The molecule has 0 bridgehead atoms. The van der Waals surface area contributed by atoms with E-state index in [1.807, 2.05) is 23.6 Å². The Bertz CT molecular complexity index is 751. The first-order valence-electron chi connectivity index (χ1n) is 5.77. The summed E-state index contributed by atoms with van der Waals surface area (Å²) >= 11 is 7.23. The molecule has 1 atom stereocenters. The van der Waals surface area contributed by atoms with Crippen molar-refractivity contribution in [3.05, 3.63) is 45.1 Å². The van der Waals surface area contributed by atoms with Gasteiger partial charge < -0.3 is 9.55 Å². The van der Waals surface area contributed by atoms with E-state index in [1.165, 1.54) is 9.75 Å². The molecule has 92 valence electrons. The molecule has 0 fully saturated rings. The van der Waals surface area contributed by atoms with E-state index in [0.717, 1.165) is 15.8 Å². The van der Waals surface area contributed by atoms with Crippen LogP contribution in [0.15, 0.2) is 30.6 Å². The van der Waals surface area contributed by atoms with Crippen LogP contribution in [0.25, 0.3) is 11.0 Å². The van der Waals surface area contributed by atoms with Crippen LogP contribution in [0.2, 0.25) is 0 Å². The van der Waals surface area contributed by atoms with E-state index >= 15 is 0 Å². The van der Waals surface area contributed by atoms with Crippen LogP contribution in [0, 0.1) is 11.7 Å². The molecule has 0 aromatic carbocycles. The van der Waals surface area contributed by atoms with Gasteiger partial charge in [0.2, 0.25) is 0 Å². The molecule has 1 unspecified atom stereocenters. The highest BCUT2D eigenvalue weighted by molar-refractivity contribution is 7.71. The molecule has 0 aliphatic rings. The number of fused-ring (bicyclic) bond motifs is 1. The number of hydrogen-bond donors (Lipinski definition) is 1. The van der Waals surface area contributed by atoms with Crippen LogP contribution in [0.5, 0.6) is 0 Å². The summed E-state index contributed by atoms with van der Waals surface area (Å²) < 4.78 is 2.90. The highest BCUT2D eigenvalue weighted by Gasteiger charge is 2.14. The number of nitrogens with one attached hydrogen (secondary N) is 1. The molecule has 0 amide bonds. The fourth-order valence-corrected chi connectivity index (χ4v) is 3.45. The second-order valence-electron chi connectivity index (χ2n) is 4.32. The van der Waals surface area contributed by atoms with Crippen LogP contribution in [0.4, 0.5) is 0 Å². The van der Waals surface area contributed by atoms with Gasteiger partial charge in [-0.05, 0) is 44.3 Å². The maximum absolute atomic E-state index is 5.42. The summed E-state index contributed by atoms with van der Waals surface area (Å²) in [5, 5.41) is 0. The smallest absolute Gasteiger partial charge is 0.178 e. The zero-order chi connectivity index (χ0) is 12.7. The molecule has 3 aromatic heterocycles. The number of rotatable bonds is 2. The Morgan fingerprint density at radius 2 is 2.22 bits per heavy atom. The second-order valence-corrected chi connectivity index (χ2v) is 6.02. The molecule has 5 heteroatoms. The molecule has 3 heterocycles. The third-order valence-electron chi connectivity index (χ3n) is 3.08. The Kier molecular flexibility index (Phi) is 2.80. The number of nitrogens with zero attached hydrogens (tertiary/aromatic N) is 2. The van der Waals surface area contributed by atoms with Crippen LogP contribution in [-0.2, 0) is 0 Å². The highest BCUT2D eigenvalue weighted by atomic mass is 32.1. The maximum atomic E-state index is 5.42. The predicted molar refractivity (Wildman–Crippen MR) is 77.8 cm³/mol. The lowest BCUT2D eigenvalue weighted by Gasteiger charge is -2.12. The SMILES string of the molecule is Cc1ccc(C(C)n2c(=S)[nH]c3cnccc32)s1. The summed E-state index contributed by atoms with van der Waals surface area (Å²) in [6.07, 6.45) is 3.61. The van der Waals surface area contributed by atoms with Crippen LogP contribution in [0.1, 0.15) is 22.7 Å². The van der Waals surface area contributed by atoms with Gasteiger partial charge in [0.15, 0.2) is 4.77 Å². The minimum absolute atomic E-state index is 0.243. The van der Waals surface area contributed by atoms with Crippen molar-refractivity contribution in [1.82, 2.24) is 14.5 Å². The van der Waals surface area contributed by atoms with Gasteiger partial charge in [-0.2, -0.15) is 0 Å². The largest absolute Gasteiger partial charge is 0.329 e. The van der Waals surface area contributed by atoms with Gasteiger partial charge in [-0.1, -0.05) is 0 Å². The molecule has 3 aromatic rings. The van der Waals surface area contributed by atoms with Crippen LogP contribution in [0.3, 0.4) is 0 Å². The monoisotopic (exact) mass is 275 g/mol. The number of pyridine rings is 1. The quantitative estimate of drug-likeness (QED) is 0.715. The minimum atomic E-state index is 0.243. The average molecular weight is 275 g/mol. The molecule has 0 spiro atoms. The van der Waals surface area contributed by atoms with Crippen molar-refractivity contribution in [3.8, 4) is 0 Å². The summed E-state index contributed by atoms with van der Waals surface area (Å²) in [5.74, 6) is 0. The van der Waals surface area contributed by atoms with Crippen molar-refractivity contribution in [1.29, 1.82) is 0 Å². The van der Waals surface area contributed by atoms with Crippen molar-refractivity contribution in [2.45, 2.75) is 19.9 Å². The first-order valence-corrected chi connectivity index (χ1v) is 7.00. The number of aryl methyl sites for hydroxylation is 1. The van der Waals surface area contributed by atoms with Gasteiger partial charge in [0.05, 0.1) is 23.3 Å². The van der Waals surface area contributed by atoms with Crippen molar-refractivity contribution in [2.24, 2.45) is 0 Å². The lowest BCUT2D eigenvalue weighted by molar-refractivity contribution is 0.660. The number of aromatic nitrogens is 3. The van der Waals surface area contributed by atoms with Gasteiger partial charge in [0, 0.05) is 16.0 Å². The Morgan fingerprint density at radius 3 is 2.94 bits per heavy atom. The van der Waals surface area contributed by atoms with E-state index in [9.17, 15) is 0 Å². The highest BCUT2D eigenvalue weighted by Crippen LogP contribution is 2.28. The van der Waals surface area contributed by atoms with Crippen molar-refractivity contribution in [3.63, 3.8) is 0 Å². The van der Waals surface area contributed by atoms with Crippen molar-refractivity contribution in [2.75, 3.05) is 0 Å². The number of thiophene rings is 1. The van der Waals surface area contributed by atoms with Gasteiger partial charge >= 0.3 is 0 Å². The Balaban J connectivity index is 2.19. The molecule has 1 N–H and O–H groups in total. The van der Waals surface area contributed by atoms with E-state index in [2.05, 4.69) is 40.5 Å². The van der Waals surface area contributed by atoms with E-state index in [-0.39, 0.29) is 6.04 Å². The molecule has 0 saturated carbocycles. The van der Waals surface area contributed by atoms with Crippen molar-refractivity contribution < 1.29 is 0 Å². The Labute approximate surface area is 114 Å². The summed E-state index contributed by atoms with van der Waals surface area (Å²) in [7, 11) is 0. The molecular formula is C13H13N3S2. The zero-order valence-electron chi connectivity index (χ0n) is 10.2. The average Bonchev–Trinajstić information content (AvgIpc) is 2.91. The Morgan fingerprint density at radius 1 is 1.39 bits per heavy atom. The van der Waals surface area contributed by atoms with Gasteiger partial charge in [0.25, 0.3) is 0 Å². The van der Waals surface area contributed by atoms with Crippen LogP contribution >= 0.6 is 23.6 Å². The summed E-state index contributed by atoms with van der Waals surface area (Å²) in [6.45, 7) is 4.30. The van der Waals surface area contributed by atoms with Gasteiger partial charge in [-0.3, -0.25) is 4.98 Å². The summed E-state index contributed by atoms with van der Waals surface area (Å²) in [4.78, 5) is 9.96. The van der Waals surface area contributed by atoms with E-state index in [0.29, 0.717) is 0 Å². The van der Waals surface area contributed by atoms with Gasteiger partial charge in [-0.25, -0.2) is 0 Å². The van der Waals surface area contributed by atoms with Crippen molar-refractivity contribution >= 4 is 34.6 Å². The third kappa shape index (κ3) is 1.79. The van der Waals surface area contributed by atoms with Crippen LogP contribution in [-0.4, -0.2) is 14.5 Å². The lowest BCUT2D eigenvalue weighted by Crippen LogP contribution is -2.04. The van der Waals surface area contributed by atoms with E-state index in [4.69, 9.17) is 12.2 Å². The first-order chi connectivity index (χ1) is 8.66. The zero-order valence-corrected chi connectivity index (χ0v) is 11.8. The molecule has 3 rings (SSSR count). The minimum Gasteiger partial charge on any atom is -0.329 e. The topological polar surface area (TPSA) is 33.6 Å². The Hall–Kier alpha value is -1.46. The van der Waals surface area contributed by atoms with Gasteiger partial charge in [0.1, 0.15) is 0 Å². The van der Waals surface area contributed by atoms with Crippen LogP contribution < -0.4 is 0 Å². The predicted octanol–water partition coefficient (Wildman–Crippen LogP) is 4.07. The van der Waals surface area contributed by atoms with Gasteiger partial charge in [-0.15, -0.1) is 11.3 Å². The second kappa shape index (κ2) is 4.33. The molecule has 0 saturated heterocycles. The fourth-order valence-electron chi connectivity index (χ4n) is 2.17. The normalized spacial score (nSPS) is 13.0. The molecule has 0 aliphatic carbocycles. The lowest BCUT2D eigenvalue weighted by atomic mass is 10.2. The number of hydrogen-bond acceptors (Lipinski definition) is 3. The molecule has 0 aliphatic heterocycles. The number of aromatic amines is 1. The van der Waals surface area contributed by atoms with E-state index < -0.39 is 0 Å². The summed E-state index contributed by atoms with van der Waals surface area (Å²) in [6, 6.07) is 6.56. The summed E-state index contributed by atoms with van der Waals surface area (Å²) in [5.41, 5.74) is 2.09. The molecular weight excluding hydrogens is 262 g/mol. The van der Waals surface area contributed by atoms with E-state index in [1.54, 1.807) is 6.20 Å². The third-order valence-corrected chi connectivity index (χ3v) is 4.55. The fraction of sp³-hybridized carbons (Fsp3) is 0.231. The molecule has 3 nitrogen and oxygen atoms in total. The maximum Gasteiger partial charge on any atom is 0.178 e. The standard InChI is InChI=1S/C13H13N3S2/c1-8-3-4-12(18-8)9(2)16-11-5-6-14-7-10(11)15-13(16)17/h3-7,9H,1-2H3,(H,15,17).